The van der Waals surface area contributed by atoms with Crippen molar-refractivity contribution in [3.63, 3.8) is 0 Å². The average Bonchev–Trinajstić information content (AvgIpc) is 2.17. The largest absolute Gasteiger partial charge is 0.462 e. The molecule has 0 aliphatic rings. The molecular formula is C10H10BrNO4. The van der Waals surface area contributed by atoms with Gasteiger partial charge in [-0.2, -0.15) is 0 Å². The summed E-state index contributed by atoms with van der Waals surface area (Å²) >= 11 is 3.08. The van der Waals surface area contributed by atoms with E-state index in [0.717, 1.165) is 0 Å². The van der Waals surface area contributed by atoms with Gasteiger partial charge in [0, 0.05) is 6.07 Å². The first kappa shape index (κ1) is 12.6. The van der Waals surface area contributed by atoms with Crippen molar-refractivity contribution >= 4 is 27.6 Å². The number of nitrogens with zero attached hydrogens (tertiary/aromatic N) is 1. The first-order valence-electron chi connectivity index (χ1n) is 4.59. The number of benzene rings is 1. The number of ether oxygens (including phenoxy) is 1. The van der Waals surface area contributed by atoms with Crippen LogP contribution in [0.4, 0.5) is 5.69 Å². The normalized spacial score (nSPS) is 9.94. The number of hydrogen-bond donors (Lipinski definition) is 0. The monoisotopic (exact) mass is 287 g/mol. The predicted molar refractivity (Wildman–Crippen MR) is 61.5 cm³/mol. The molecule has 0 aliphatic heterocycles. The molecule has 0 heterocycles. The van der Waals surface area contributed by atoms with Crippen LogP contribution in [0.3, 0.4) is 0 Å². The summed E-state index contributed by atoms with van der Waals surface area (Å²) in [6.45, 7) is 3.61. The molecule has 0 unspecified atom stereocenters. The lowest BCUT2D eigenvalue weighted by atomic mass is 10.1. The van der Waals surface area contributed by atoms with E-state index in [2.05, 4.69) is 15.9 Å². The molecule has 0 saturated carbocycles. The zero-order valence-corrected chi connectivity index (χ0v) is 10.4. The van der Waals surface area contributed by atoms with Crippen molar-refractivity contribution in [3.8, 4) is 0 Å². The van der Waals surface area contributed by atoms with Crippen molar-refractivity contribution in [2.24, 2.45) is 0 Å². The van der Waals surface area contributed by atoms with Crippen LogP contribution in [0.25, 0.3) is 0 Å². The van der Waals surface area contributed by atoms with Gasteiger partial charge in [-0.25, -0.2) is 4.79 Å². The van der Waals surface area contributed by atoms with E-state index in [1.807, 2.05) is 0 Å². The number of carbonyl (C=O) groups excluding carboxylic acids is 1. The van der Waals surface area contributed by atoms with Crippen LogP contribution in [0.5, 0.6) is 0 Å². The Hall–Kier alpha value is -1.43. The molecule has 1 aromatic carbocycles. The molecule has 0 spiro atoms. The van der Waals surface area contributed by atoms with Gasteiger partial charge in [0.15, 0.2) is 0 Å². The molecule has 1 aromatic rings. The van der Waals surface area contributed by atoms with E-state index in [1.165, 1.54) is 12.1 Å². The van der Waals surface area contributed by atoms with E-state index in [1.54, 1.807) is 13.8 Å². The van der Waals surface area contributed by atoms with Crippen LogP contribution in [0, 0.1) is 17.0 Å². The first-order valence-corrected chi connectivity index (χ1v) is 5.38. The van der Waals surface area contributed by atoms with Gasteiger partial charge in [0.1, 0.15) is 0 Å². The van der Waals surface area contributed by atoms with E-state index in [9.17, 15) is 14.9 Å². The summed E-state index contributed by atoms with van der Waals surface area (Å²) in [5.74, 6) is -0.546. The maximum Gasteiger partial charge on any atom is 0.338 e. The summed E-state index contributed by atoms with van der Waals surface area (Å²) in [5.41, 5.74) is 0.710. The highest BCUT2D eigenvalue weighted by Crippen LogP contribution is 2.28. The molecule has 6 heteroatoms. The highest BCUT2D eigenvalue weighted by Gasteiger charge is 2.19. The Kier molecular flexibility index (Phi) is 4.00. The fourth-order valence-electron chi connectivity index (χ4n) is 1.23. The van der Waals surface area contributed by atoms with E-state index in [-0.39, 0.29) is 17.9 Å². The molecule has 0 radical (unpaired) electrons. The Bertz CT molecular complexity index is 445. The Balaban J connectivity index is 3.24. The summed E-state index contributed by atoms with van der Waals surface area (Å²) < 4.78 is 5.16. The molecule has 0 aromatic heterocycles. The van der Waals surface area contributed by atoms with Crippen molar-refractivity contribution in [1.29, 1.82) is 0 Å². The zero-order valence-electron chi connectivity index (χ0n) is 8.82. The minimum Gasteiger partial charge on any atom is -0.462 e. The van der Waals surface area contributed by atoms with Gasteiger partial charge in [-0.3, -0.25) is 10.1 Å². The second-order valence-electron chi connectivity index (χ2n) is 3.10. The Morgan fingerprint density at radius 3 is 2.69 bits per heavy atom. The predicted octanol–water partition coefficient (Wildman–Crippen LogP) is 2.84. The van der Waals surface area contributed by atoms with Crippen molar-refractivity contribution < 1.29 is 14.5 Å². The van der Waals surface area contributed by atoms with Crippen LogP contribution < -0.4 is 0 Å². The van der Waals surface area contributed by atoms with Crippen molar-refractivity contribution in [2.45, 2.75) is 13.8 Å². The summed E-state index contributed by atoms with van der Waals surface area (Å²) in [6.07, 6.45) is 0. The van der Waals surface area contributed by atoms with Crippen molar-refractivity contribution in [1.82, 2.24) is 0 Å². The minimum atomic E-state index is -0.549. The lowest BCUT2D eigenvalue weighted by Gasteiger charge is -2.06. The van der Waals surface area contributed by atoms with Gasteiger partial charge in [0.25, 0.3) is 5.69 Å². The highest BCUT2D eigenvalue weighted by atomic mass is 79.9. The van der Waals surface area contributed by atoms with Crippen LogP contribution in [0.15, 0.2) is 16.6 Å². The summed E-state index contributed by atoms with van der Waals surface area (Å²) in [6, 6.07) is 2.75. The first-order chi connectivity index (χ1) is 7.47. The van der Waals surface area contributed by atoms with E-state index < -0.39 is 10.9 Å². The summed E-state index contributed by atoms with van der Waals surface area (Å²) in [7, 11) is 0. The molecule has 5 nitrogen and oxygen atoms in total. The molecule has 0 atom stereocenters. The van der Waals surface area contributed by atoms with Crippen LogP contribution in [0.2, 0.25) is 0 Å². The highest BCUT2D eigenvalue weighted by molar-refractivity contribution is 9.10. The number of hydrogen-bond acceptors (Lipinski definition) is 4. The molecule has 0 amide bonds. The fourth-order valence-corrected chi connectivity index (χ4v) is 1.83. The number of carbonyl (C=O) groups is 1. The fraction of sp³-hybridized carbons (Fsp3) is 0.300. The number of rotatable bonds is 3. The smallest absolute Gasteiger partial charge is 0.338 e. The van der Waals surface area contributed by atoms with Crippen LogP contribution >= 0.6 is 15.9 Å². The number of nitro groups is 1. The topological polar surface area (TPSA) is 69.4 Å². The maximum absolute atomic E-state index is 11.5. The number of halogens is 1. The van der Waals surface area contributed by atoms with Gasteiger partial charge in [-0.15, -0.1) is 0 Å². The molecule has 0 aliphatic carbocycles. The third-order valence-electron chi connectivity index (χ3n) is 1.99. The molecule has 1 rings (SSSR count). The second kappa shape index (κ2) is 5.07. The van der Waals surface area contributed by atoms with Gasteiger partial charge < -0.3 is 4.74 Å². The quantitative estimate of drug-likeness (QED) is 0.487. The van der Waals surface area contributed by atoms with E-state index in [4.69, 9.17) is 4.74 Å². The SMILES string of the molecule is CCOC(=O)c1cc([N+](=O)[O-])c(Br)cc1C. The molecular weight excluding hydrogens is 278 g/mol. The van der Waals surface area contributed by atoms with Crippen LogP contribution in [-0.2, 0) is 4.74 Å². The number of aryl methyl sites for hydroxylation is 1. The minimum absolute atomic E-state index is 0.145. The summed E-state index contributed by atoms with van der Waals surface area (Å²) in [5, 5.41) is 10.7. The Morgan fingerprint density at radius 1 is 1.56 bits per heavy atom. The maximum atomic E-state index is 11.5. The zero-order chi connectivity index (χ0) is 12.3. The molecule has 16 heavy (non-hydrogen) atoms. The third-order valence-corrected chi connectivity index (χ3v) is 2.62. The van der Waals surface area contributed by atoms with Crippen molar-refractivity contribution in [3.05, 3.63) is 37.8 Å². The lowest BCUT2D eigenvalue weighted by Crippen LogP contribution is -2.07. The van der Waals surface area contributed by atoms with Crippen LogP contribution in [-0.4, -0.2) is 17.5 Å². The van der Waals surface area contributed by atoms with Crippen molar-refractivity contribution in [2.75, 3.05) is 6.61 Å². The molecule has 0 N–H and O–H groups in total. The Labute approximate surface area is 101 Å². The van der Waals surface area contributed by atoms with Gasteiger partial charge >= 0.3 is 5.97 Å². The van der Waals surface area contributed by atoms with Crippen LogP contribution in [0.1, 0.15) is 22.8 Å². The molecule has 0 bridgehead atoms. The number of esters is 1. The lowest BCUT2D eigenvalue weighted by molar-refractivity contribution is -0.385. The molecule has 0 fully saturated rings. The van der Waals surface area contributed by atoms with Gasteiger partial charge in [-0.05, 0) is 41.4 Å². The van der Waals surface area contributed by atoms with E-state index in [0.29, 0.717) is 10.0 Å². The summed E-state index contributed by atoms with van der Waals surface area (Å²) in [4.78, 5) is 21.6. The second-order valence-corrected chi connectivity index (χ2v) is 3.95. The molecule has 86 valence electrons. The number of nitro benzene ring substituents is 1. The van der Waals surface area contributed by atoms with Gasteiger partial charge in [0.2, 0.25) is 0 Å². The van der Waals surface area contributed by atoms with Gasteiger partial charge in [-0.1, -0.05) is 0 Å². The van der Waals surface area contributed by atoms with Gasteiger partial charge in [0.05, 0.1) is 21.6 Å². The third kappa shape index (κ3) is 2.57. The standard InChI is InChI=1S/C10H10BrNO4/c1-3-16-10(13)7-5-9(12(14)15)8(11)4-6(7)2/h4-5H,3H2,1-2H3. The Morgan fingerprint density at radius 2 is 2.19 bits per heavy atom. The van der Waals surface area contributed by atoms with E-state index >= 15 is 0 Å². The molecule has 0 saturated heterocycles. The average molecular weight is 288 g/mol.